The summed E-state index contributed by atoms with van der Waals surface area (Å²) >= 11 is 3.42. The summed E-state index contributed by atoms with van der Waals surface area (Å²) in [6.45, 7) is 6.82. The molecule has 2 aliphatic rings. The summed E-state index contributed by atoms with van der Waals surface area (Å²) in [6.07, 6.45) is 1.88. The van der Waals surface area contributed by atoms with Gasteiger partial charge in [-0.3, -0.25) is 4.90 Å². The van der Waals surface area contributed by atoms with Gasteiger partial charge in [0.05, 0.1) is 12.1 Å². The van der Waals surface area contributed by atoms with Crippen molar-refractivity contribution in [2.75, 3.05) is 26.2 Å². The van der Waals surface area contributed by atoms with E-state index in [1.165, 1.54) is 6.07 Å². The summed E-state index contributed by atoms with van der Waals surface area (Å²) < 4.78 is 15.1. The average molecular weight is 364 g/mol. The zero-order valence-corrected chi connectivity index (χ0v) is 13.3. The predicted molar refractivity (Wildman–Crippen MR) is 82.2 cm³/mol. The number of nitrogens with zero attached hydrogens (tertiary/aromatic N) is 1. The van der Waals surface area contributed by atoms with E-state index in [0.29, 0.717) is 12.2 Å². The monoisotopic (exact) mass is 362 g/mol. The van der Waals surface area contributed by atoms with Crippen molar-refractivity contribution < 1.29 is 9.23 Å². The summed E-state index contributed by atoms with van der Waals surface area (Å²) in [4.78, 5) is 7.68. The fraction of sp³-hybridized carbons (Fsp3) is 0.429. The van der Waals surface area contributed by atoms with Gasteiger partial charge in [-0.25, -0.2) is 4.39 Å². The Morgan fingerprint density at radius 1 is 1.60 bits per heavy atom. The molecule has 6 heteroatoms. The minimum atomic E-state index is -0.448. The van der Waals surface area contributed by atoms with Crippen molar-refractivity contribution in [2.45, 2.75) is 5.54 Å². The van der Waals surface area contributed by atoms with E-state index in [1.54, 1.807) is 6.07 Å². The van der Waals surface area contributed by atoms with Gasteiger partial charge < -0.3 is 4.84 Å². The minimum absolute atomic E-state index is 0. The molecule has 2 heterocycles. The van der Waals surface area contributed by atoms with Crippen molar-refractivity contribution >= 4 is 28.3 Å². The summed E-state index contributed by atoms with van der Waals surface area (Å²) in [5.74, 6) is 0.0721. The van der Waals surface area contributed by atoms with Crippen LogP contribution >= 0.6 is 28.3 Å². The first-order valence-corrected chi connectivity index (χ1v) is 7.13. The van der Waals surface area contributed by atoms with E-state index in [4.69, 9.17) is 4.84 Å². The van der Waals surface area contributed by atoms with E-state index < -0.39 is 5.54 Å². The molecule has 2 fully saturated rings. The first kappa shape index (κ1) is 15.9. The SMILES string of the molecule is C=CCN1CC2CONC2(c2cc(Br)ccc2F)C1.Cl. The second kappa shape index (κ2) is 6.12. The third-order valence-electron chi connectivity index (χ3n) is 3.98. The van der Waals surface area contributed by atoms with Crippen LogP contribution < -0.4 is 5.48 Å². The van der Waals surface area contributed by atoms with Gasteiger partial charge in [0, 0.05) is 35.6 Å². The van der Waals surface area contributed by atoms with Crippen LogP contribution in [-0.2, 0) is 10.4 Å². The van der Waals surface area contributed by atoms with E-state index in [-0.39, 0.29) is 24.1 Å². The van der Waals surface area contributed by atoms with Gasteiger partial charge in [0.1, 0.15) is 5.82 Å². The number of hydrogen-bond donors (Lipinski definition) is 1. The maximum absolute atomic E-state index is 14.2. The number of halogens is 3. The number of likely N-dealkylation sites (tertiary alicyclic amines) is 1. The van der Waals surface area contributed by atoms with Gasteiger partial charge in [-0.15, -0.1) is 19.0 Å². The lowest BCUT2D eigenvalue weighted by Gasteiger charge is -2.28. The van der Waals surface area contributed by atoms with Crippen LogP contribution in [0.2, 0.25) is 0 Å². The lowest BCUT2D eigenvalue weighted by atomic mass is 9.82. The molecule has 2 atom stereocenters. The van der Waals surface area contributed by atoms with Gasteiger partial charge in [-0.2, -0.15) is 5.48 Å². The third-order valence-corrected chi connectivity index (χ3v) is 4.48. The summed E-state index contributed by atoms with van der Waals surface area (Å²) in [5.41, 5.74) is 3.30. The molecule has 0 spiro atoms. The molecule has 0 saturated carbocycles. The lowest BCUT2D eigenvalue weighted by Crippen LogP contribution is -2.43. The zero-order chi connectivity index (χ0) is 13.5. The Labute approximate surface area is 132 Å². The molecule has 20 heavy (non-hydrogen) atoms. The lowest BCUT2D eigenvalue weighted by molar-refractivity contribution is 0.0479. The van der Waals surface area contributed by atoms with Gasteiger partial charge >= 0.3 is 0 Å². The second-order valence-electron chi connectivity index (χ2n) is 5.19. The summed E-state index contributed by atoms with van der Waals surface area (Å²) in [7, 11) is 0. The van der Waals surface area contributed by atoms with Gasteiger partial charge in [-0.05, 0) is 18.2 Å². The van der Waals surface area contributed by atoms with Crippen molar-refractivity contribution in [3.8, 4) is 0 Å². The van der Waals surface area contributed by atoms with E-state index in [2.05, 4.69) is 32.9 Å². The molecule has 0 radical (unpaired) electrons. The van der Waals surface area contributed by atoms with Gasteiger partial charge in [0.15, 0.2) is 0 Å². The Hall–Kier alpha value is -0.460. The first-order chi connectivity index (χ1) is 9.15. The number of benzene rings is 1. The molecule has 3 nitrogen and oxygen atoms in total. The van der Waals surface area contributed by atoms with Crippen LogP contribution in [0.5, 0.6) is 0 Å². The van der Waals surface area contributed by atoms with Crippen molar-refractivity contribution in [1.29, 1.82) is 0 Å². The molecule has 110 valence electrons. The zero-order valence-electron chi connectivity index (χ0n) is 10.9. The van der Waals surface area contributed by atoms with Gasteiger partial charge in [0.25, 0.3) is 0 Å². The highest BCUT2D eigenvalue weighted by molar-refractivity contribution is 9.10. The smallest absolute Gasteiger partial charge is 0.128 e. The summed E-state index contributed by atoms with van der Waals surface area (Å²) in [6, 6.07) is 5.07. The predicted octanol–water partition coefficient (Wildman–Crippen LogP) is 2.86. The minimum Gasteiger partial charge on any atom is -0.300 e. The molecule has 0 aliphatic carbocycles. The molecule has 3 rings (SSSR count). The highest BCUT2D eigenvalue weighted by Crippen LogP contribution is 2.42. The average Bonchev–Trinajstić information content (AvgIpc) is 2.90. The Kier molecular flexibility index (Phi) is 4.87. The van der Waals surface area contributed by atoms with E-state index in [0.717, 1.165) is 24.1 Å². The van der Waals surface area contributed by atoms with Crippen LogP contribution in [0.4, 0.5) is 4.39 Å². The normalized spacial score (nSPS) is 29.0. The first-order valence-electron chi connectivity index (χ1n) is 6.33. The van der Waals surface area contributed by atoms with E-state index in [1.807, 2.05) is 12.1 Å². The number of nitrogens with one attached hydrogen (secondary N) is 1. The van der Waals surface area contributed by atoms with Crippen LogP contribution in [0.3, 0.4) is 0 Å². The van der Waals surface area contributed by atoms with Crippen LogP contribution in [0, 0.1) is 11.7 Å². The molecule has 1 N–H and O–H groups in total. The molecule has 2 unspecified atom stereocenters. The van der Waals surface area contributed by atoms with Gasteiger partial charge in [-0.1, -0.05) is 22.0 Å². The third kappa shape index (κ3) is 2.53. The highest BCUT2D eigenvalue weighted by atomic mass is 79.9. The number of rotatable bonds is 3. The Morgan fingerprint density at radius 2 is 2.40 bits per heavy atom. The van der Waals surface area contributed by atoms with Crippen molar-refractivity contribution in [3.63, 3.8) is 0 Å². The molecule has 2 saturated heterocycles. The van der Waals surface area contributed by atoms with Crippen LogP contribution in [-0.4, -0.2) is 31.1 Å². The number of fused-ring (bicyclic) bond motifs is 1. The maximum Gasteiger partial charge on any atom is 0.128 e. The Bertz CT molecular complexity index is 516. The fourth-order valence-electron chi connectivity index (χ4n) is 3.12. The molecule has 0 amide bonds. The van der Waals surface area contributed by atoms with Crippen LogP contribution in [0.1, 0.15) is 5.56 Å². The Morgan fingerprint density at radius 3 is 3.15 bits per heavy atom. The van der Waals surface area contributed by atoms with Crippen LogP contribution in [0.25, 0.3) is 0 Å². The van der Waals surface area contributed by atoms with E-state index in [9.17, 15) is 4.39 Å². The van der Waals surface area contributed by atoms with Gasteiger partial charge in [0.2, 0.25) is 0 Å². The van der Waals surface area contributed by atoms with E-state index >= 15 is 0 Å². The quantitative estimate of drug-likeness (QED) is 0.836. The largest absolute Gasteiger partial charge is 0.300 e. The number of hydroxylamine groups is 1. The highest BCUT2D eigenvalue weighted by Gasteiger charge is 2.52. The van der Waals surface area contributed by atoms with Crippen LogP contribution in [0.15, 0.2) is 35.3 Å². The molecule has 1 aromatic carbocycles. The Balaban J connectivity index is 0.00000147. The molecule has 1 aromatic rings. The molecular formula is C14H17BrClFN2O. The standard InChI is InChI=1S/C14H16BrFN2O.ClH/c1-2-5-18-7-10-8-19-17-14(10,9-18)12-6-11(15)3-4-13(12)16;/h2-4,6,10,17H,1,5,7-9H2;1H. The van der Waals surface area contributed by atoms with Crippen molar-refractivity contribution in [3.05, 3.63) is 46.7 Å². The molecule has 0 bridgehead atoms. The topological polar surface area (TPSA) is 24.5 Å². The fourth-order valence-corrected chi connectivity index (χ4v) is 3.48. The van der Waals surface area contributed by atoms with Crippen molar-refractivity contribution in [2.24, 2.45) is 5.92 Å². The van der Waals surface area contributed by atoms with Crippen molar-refractivity contribution in [1.82, 2.24) is 10.4 Å². The molecular weight excluding hydrogens is 347 g/mol. The summed E-state index contributed by atoms with van der Waals surface area (Å²) in [5, 5.41) is 0. The second-order valence-corrected chi connectivity index (χ2v) is 6.10. The maximum atomic E-state index is 14.2. The molecule has 2 aliphatic heterocycles. The number of hydrogen-bond acceptors (Lipinski definition) is 3. The molecule has 0 aromatic heterocycles.